The number of aliphatic carboxylic acids is 1. The molecule has 2 rings (SSSR count). The van der Waals surface area contributed by atoms with Crippen molar-refractivity contribution in [3.8, 4) is 0 Å². The summed E-state index contributed by atoms with van der Waals surface area (Å²) in [6.07, 6.45) is 1.39. The number of carbonyl (C=O) groups is 1. The van der Waals surface area contributed by atoms with Crippen molar-refractivity contribution in [2.45, 2.75) is 32.4 Å². The zero-order valence-electron chi connectivity index (χ0n) is 10.8. The molecule has 1 heterocycles. The summed E-state index contributed by atoms with van der Waals surface area (Å²) < 4.78 is 0. The first kappa shape index (κ1) is 14.6. The molecule has 1 saturated heterocycles. The fraction of sp³-hybridized carbons (Fsp3) is 0.500. The molecule has 1 aliphatic rings. The van der Waals surface area contributed by atoms with Crippen LogP contribution >= 0.6 is 23.2 Å². The Hall–Kier alpha value is -0.770. The van der Waals surface area contributed by atoms with Crippen LogP contribution in [0.5, 0.6) is 0 Å². The SMILES string of the molecule is CC1CC(C(=O)O)CCN1Cc1ccc(Cl)cc1Cl. The molecule has 2 atom stereocenters. The third-order valence-electron chi connectivity index (χ3n) is 3.75. The second-order valence-corrected chi connectivity index (χ2v) is 5.96. The lowest BCUT2D eigenvalue weighted by Crippen LogP contribution is -2.42. The van der Waals surface area contributed by atoms with Gasteiger partial charge in [-0.2, -0.15) is 0 Å². The van der Waals surface area contributed by atoms with E-state index in [9.17, 15) is 4.79 Å². The van der Waals surface area contributed by atoms with Crippen LogP contribution in [0.3, 0.4) is 0 Å². The van der Waals surface area contributed by atoms with Gasteiger partial charge >= 0.3 is 5.97 Å². The van der Waals surface area contributed by atoms with E-state index in [0.29, 0.717) is 22.9 Å². The van der Waals surface area contributed by atoms with Gasteiger partial charge in [-0.3, -0.25) is 9.69 Å². The van der Waals surface area contributed by atoms with Gasteiger partial charge < -0.3 is 5.11 Å². The molecule has 0 amide bonds. The van der Waals surface area contributed by atoms with Gasteiger partial charge in [0.15, 0.2) is 0 Å². The number of piperidine rings is 1. The minimum atomic E-state index is -0.684. The van der Waals surface area contributed by atoms with Gasteiger partial charge in [-0.15, -0.1) is 0 Å². The van der Waals surface area contributed by atoms with Crippen molar-refractivity contribution >= 4 is 29.2 Å². The lowest BCUT2D eigenvalue weighted by atomic mass is 9.91. The molecule has 0 saturated carbocycles. The van der Waals surface area contributed by atoms with E-state index >= 15 is 0 Å². The third-order valence-corrected chi connectivity index (χ3v) is 4.34. The van der Waals surface area contributed by atoms with Gasteiger partial charge in [-0.1, -0.05) is 29.3 Å². The Balaban J connectivity index is 2.02. The second kappa shape index (κ2) is 6.12. The highest BCUT2D eigenvalue weighted by Crippen LogP contribution is 2.27. The van der Waals surface area contributed by atoms with Gasteiger partial charge in [0.2, 0.25) is 0 Å². The standard InChI is InChI=1S/C14H17Cl2NO2/c1-9-6-10(14(18)19)4-5-17(9)8-11-2-3-12(15)7-13(11)16/h2-3,7,9-10H,4-6,8H2,1H3,(H,18,19). The summed E-state index contributed by atoms with van der Waals surface area (Å²) in [4.78, 5) is 13.3. The van der Waals surface area contributed by atoms with Crippen molar-refractivity contribution in [3.63, 3.8) is 0 Å². The van der Waals surface area contributed by atoms with Crippen LogP contribution in [0.1, 0.15) is 25.3 Å². The van der Waals surface area contributed by atoms with Crippen LogP contribution in [0.25, 0.3) is 0 Å². The van der Waals surface area contributed by atoms with Crippen molar-refractivity contribution in [3.05, 3.63) is 33.8 Å². The van der Waals surface area contributed by atoms with E-state index < -0.39 is 5.97 Å². The van der Waals surface area contributed by atoms with E-state index in [0.717, 1.165) is 18.7 Å². The maximum absolute atomic E-state index is 11.0. The second-order valence-electron chi connectivity index (χ2n) is 5.11. The first-order chi connectivity index (χ1) is 8.97. The van der Waals surface area contributed by atoms with E-state index in [1.54, 1.807) is 6.07 Å². The van der Waals surface area contributed by atoms with Crippen molar-refractivity contribution in [1.82, 2.24) is 4.90 Å². The Morgan fingerprint density at radius 1 is 1.47 bits per heavy atom. The monoisotopic (exact) mass is 301 g/mol. The Morgan fingerprint density at radius 2 is 2.21 bits per heavy atom. The summed E-state index contributed by atoms with van der Waals surface area (Å²) in [5, 5.41) is 10.4. The molecule has 1 fully saturated rings. The molecule has 1 aromatic rings. The maximum atomic E-state index is 11.0. The predicted molar refractivity (Wildman–Crippen MR) is 76.7 cm³/mol. The predicted octanol–water partition coefficient (Wildman–Crippen LogP) is 3.68. The quantitative estimate of drug-likeness (QED) is 0.926. The molecule has 0 aliphatic carbocycles. The lowest BCUT2D eigenvalue weighted by Gasteiger charge is -2.36. The number of likely N-dealkylation sites (tertiary alicyclic amines) is 1. The van der Waals surface area contributed by atoms with Crippen LogP contribution < -0.4 is 0 Å². The molecule has 104 valence electrons. The summed E-state index contributed by atoms with van der Waals surface area (Å²) >= 11 is 12.0. The zero-order chi connectivity index (χ0) is 14.0. The van der Waals surface area contributed by atoms with Gasteiger partial charge in [0.05, 0.1) is 5.92 Å². The zero-order valence-corrected chi connectivity index (χ0v) is 12.3. The molecular formula is C14H17Cl2NO2. The Kier molecular flexibility index (Phi) is 4.71. The van der Waals surface area contributed by atoms with Gasteiger partial charge in [0.1, 0.15) is 0 Å². The number of carboxylic acid groups (broad SMARTS) is 1. The average Bonchev–Trinajstić information content (AvgIpc) is 2.34. The Morgan fingerprint density at radius 3 is 2.79 bits per heavy atom. The summed E-state index contributed by atoms with van der Waals surface area (Å²) in [7, 11) is 0. The summed E-state index contributed by atoms with van der Waals surface area (Å²) in [5.41, 5.74) is 1.03. The number of rotatable bonds is 3. The highest BCUT2D eigenvalue weighted by atomic mass is 35.5. The van der Waals surface area contributed by atoms with Crippen LogP contribution in [-0.2, 0) is 11.3 Å². The number of benzene rings is 1. The van der Waals surface area contributed by atoms with E-state index in [1.807, 2.05) is 12.1 Å². The highest BCUT2D eigenvalue weighted by Gasteiger charge is 2.29. The van der Waals surface area contributed by atoms with Crippen LogP contribution in [0.15, 0.2) is 18.2 Å². The average molecular weight is 302 g/mol. The van der Waals surface area contributed by atoms with E-state index in [-0.39, 0.29) is 12.0 Å². The third kappa shape index (κ3) is 3.62. The molecule has 1 aromatic carbocycles. The molecule has 0 aromatic heterocycles. The molecule has 0 radical (unpaired) electrons. The molecule has 19 heavy (non-hydrogen) atoms. The smallest absolute Gasteiger partial charge is 0.306 e. The maximum Gasteiger partial charge on any atom is 0.306 e. The Labute approximate surface area is 123 Å². The van der Waals surface area contributed by atoms with Gasteiger partial charge in [-0.25, -0.2) is 0 Å². The molecule has 0 spiro atoms. The molecule has 0 bridgehead atoms. The number of hydrogen-bond donors (Lipinski definition) is 1. The normalized spacial score (nSPS) is 24.4. The van der Waals surface area contributed by atoms with Gasteiger partial charge in [0, 0.05) is 22.6 Å². The largest absolute Gasteiger partial charge is 0.481 e. The van der Waals surface area contributed by atoms with Crippen molar-refractivity contribution in [1.29, 1.82) is 0 Å². The first-order valence-electron chi connectivity index (χ1n) is 6.38. The van der Waals surface area contributed by atoms with Crippen LogP contribution in [-0.4, -0.2) is 28.6 Å². The molecule has 1 aliphatic heterocycles. The van der Waals surface area contributed by atoms with Crippen molar-refractivity contribution in [2.24, 2.45) is 5.92 Å². The fourth-order valence-electron chi connectivity index (χ4n) is 2.55. The number of nitrogens with zero attached hydrogens (tertiary/aromatic N) is 1. The fourth-order valence-corrected chi connectivity index (χ4v) is 3.02. The van der Waals surface area contributed by atoms with Gasteiger partial charge in [-0.05, 0) is 44.0 Å². The lowest BCUT2D eigenvalue weighted by molar-refractivity contribution is -0.144. The van der Waals surface area contributed by atoms with E-state index in [1.165, 1.54) is 0 Å². The minimum absolute atomic E-state index is 0.216. The molecule has 3 nitrogen and oxygen atoms in total. The molecule has 2 unspecified atom stereocenters. The summed E-state index contributed by atoms with van der Waals surface area (Å²) in [5.74, 6) is -0.900. The number of halogens is 2. The number of carboxylic acids is 1. The topological polar surface area (TPSA) is 40.5 Å². The summed E-state index contributed by atoms with van der Waals surface area (Å²) in [6.45, 7) is 3.60. The van der Waals surface area contributed by atoms with Crippen molar-refractivity contribution in [2.75, 3.05) is 6.54 Å². The Bertz CT molecular complexity index is 479. The molecule has 1 N–H and O–H groups in total. The van der Waals surface area contributed by atoms with E-state index in [4.69, 9.17) is 28.3 Å². The van der Waals surface area contributed by atoms with E-state index in [2.05, 4.69) is 11.8 Å². The molecule has 5 heteroatoms. The van der Waals surface area contributed by atoms with Crippen LogP contribution in [0.2, 0.25) is 10.0 Å². The van der Waals surface area contributed by atoms with Crippen LogP contribution in [0, 0.1) is 5.92 Å². The highest BCUT2D eigenvalue weighted by molar-refractivity contribution is 6.35. The van der Waals surface area contributed by atoms with Crippen molar-refractivity contribution < 1.29 is 9.90 Å². The molecular weight excluding hydrogens is 285 g/mol. The number of hydrogen-bond acceptors (Lipinski definition) is 2. The summed E-state index contributed by atoms with van der Waals surface area (Å²) in [6, 6.07) is 5.76. The van der Waals surface area contributed by atoms with Gasteiger partial charge in [0.25, 0.3) is 0 Å². The first-order valence-corrected chi connectivity index (χ1v) is 7.13. The minimum Gasteiger partial charge on any atom is -0.481 e. The van der Waals surface area contributed by atoms with Crippen LogP contribution in [0.4, 0.5) is 0 Å².